The van der Waals surface area contributed by atoms with E-state index in [1.807, 2.05) is 0 Å². The molecule has 122 valence electrons. The lowest BCUT2D eigenvalue weighted by molar-refractivity contribution is 0.0251. The Bertz CT molecular complexity index is 433. The van der Waals surface area contributed by atoms with Crippen molar-refractivity contribution in [2.75, 3.05) is 63.9 Å². The summed E-state index contributed by atoms with van der Waals surface area (Å²) in [6.07, 6.45) is 1.25. The van der Waals surface area contributed by atoms with Gasteiger partial charge in [0.15, 0.2) is 0 Å². The Morgan fingerprint density at radius 3 is 2.50 bits per heavy atom. The summed E-state index contributed by atoms with van der Waals surface area (Å²) in [6.45, 7) is 12.2. The van der Waals surface area contributed by atoms with Gasteiger partial charge in [-0.05, 0) is 25.5 Å². The number of para-hydroxylation sites is 1. The lowest BCUT2D eigenvalue weighted by atomic mass is 10.2. The highest BCUT2D eigenvalue weighted by Crippen LogP contribution is 2.17. The summed E-state index contributed by atoms with van der Waals surface area (Å²) >= 11 is 0. The van der Waals surface area contributed by atoms with Gasteiger partial charge in [0.05, 0.1) is 13.2 Å². The maximum Gasteiger partial charge on any atom is 0.0594 e. The third-order valence-electron chi connectivity index (χ3n) is 4.90. The number of morpholine rings is 1. The van der Waals surface area contributed by atoms with E-state index in [-0.39, 0.29) is 0 Å². The molecule has 4 heteroatoms. The van der Waals surface area contributed by atoms with Crippen molar-refractivity contribution < 1.29 is 4.74 Å². The predicted molar refractivity (Wildman–Crippen MR) is 91.6 cm³/mol. The zero-order valence-corrected chi connectivity index (χ0v) is 13.8. The van der Waals surface area contributed by atoms with Crippen LogP contribution < -0.4 is 4.90 Å². The van der Waals surface area contributed by atoms with E-state index in [4.69, 9.17) is 4.74 Å². The molecule has 22 heavy (non-hydrogen) atoms. The summed E-state index contributed by atoms with van der Waals surface area (Å²) in [5, 5.41) is 0. The Kier molecular flexibility index (Phi) is 5.70. The summed E-state index contributed by atoms with van der Waals surface area (Å²) in [6, 6.07) is 11.5. The topological polar surface area (TPSA) is 19.0 Å². The van der Waals surface area contributed by atoms with Crippen molar-refractivity contribution in [3.8, 4) is 0 Å². The molecule has 0 N–H and O–H groups in total. The van der Waals surface area contributed by atoms with Gasteiger partial charge in [-0.15, -0.1) is 0 Å². The van der Waals surface area contributed by atoms with Crippen LogP contribution in [0.3, 0.4) is 0 Å². The molecule has 0 radical (unpaired) electrons. The summed E-state index contributed by atoms with van der Waals surface area (Å²) in [5.41, 5.74) is 1.37. The Hall–Kier alpha value is -1.10. The predicted octanol–water partition coefficient (Wildman–Crippen LogP) is 1.92. The van der Waals surface area contributed by atoms with Crippen molar-refractivity contribution in [3.63, 3.8) is 0 Å². The molecule has 2 heterocycles. The smallest absolute Gasteiger partial charge is 0.0594 e. The molecule has 3 rings (SSSR count). The maximum atomic E-state index is 5.45. The second-order valence-electron chi connectivity index (χ2n) is 6.47. The van der Waals surface area contributed by atoms with Crippen molar-refractivity contribution >= 4 is 5.69 Å². The van der Waals surface area contributed by atoms with Gasteiger partial charge in [-0.1, -0.05) is 18.2 Å². The fourth-order valence-electron chi connectivity index (χ4n) is 3.55. The average molecular weight is 303 g/mol. The van der Waals surface area contributed by atoms with Crippen molar-refractivity contribution in [2.45, 2.75) is 19.4 Å². The zero-order valence-electron chi connectivity index (χ0n) is 13.8. The summed E-state index contributed by atoms with van der Waals surface area (Å²) < 4.78 is 5.45. The highest BCUT2D eigenvalue weighted by atomic mass is 16.5. The van der Waals surface area contributed by atoms with Crippen LogP contribution >= 0.6 is 0 Å². The van der Waals surface area contributed by atoms with Crippen molar-refractivity contribution in [1.82, 2.24) is 9.80 Å². The summed E-state index contributed by atoms with van der Waals surface area (Å²) in [4.78, 5) is 7.74. The first kappa shape index (κ1) is 15.8. The Labute approximate surface area is 134 Å². The molecule has 0 bridgehead atoms. The molecule has 2 aliphatic heterocycles. The van der Waals surface area contributed by atoms with Crippen molar-refractivity contribution in [3.05, 3.63) is 30.3 Å². The van der Waals surface area contributed by atoms with E-state index in [2.05, 4.69) is 52.0 Å². The lowest BCUT2D eigenvalue weighted by Gasteiger charge is -2.34. The Morgan fingerprint density at radius 1 is 0.955 bits per heavy atom. The minimum atomic E-state index is 0.633. The van der Waals surface area contributed by atoms with Crippen LogP contribution in [-0.2, 0) is 4.74 Å². The van der Waals surface area contributed by atoms with Gasteiger partial charge in [-0.2, -0.15) is 0 Å². The van der Waals surface area contributed by atoms with Crippen molar-refractivity contribution in [1.29, 1.82) is 0 Å². The van der Waals surface area contributed by atoms with Gasteiger partial charge >= 0.3 is 0 Å². The molecular formula is C18H29N3O. The molecule has 4 nitrogen and oxygen atoms in total. The second kappa shape index (κ2) is 7.95. The fourth-order valence-corrected chi connectivity index (χ4v) is 3.55. The number of anilines is 1. The van der Waals surface area contributed by atoms with Crippen LogP contribution in [0.1, 0.15) is 13.3 Å². The van der Waals surface area contributed by atoms with Gasteiger partial charge in [-0.25, -0.2) is 0 Å². The van der Waals surface area contributed by atoms with Crippen LogP contribution in [0.5, 0.6) is 0 Å². The molecule has 2 fully saturated rings. The second-order valence-corrected chi connectivity index (χ2v) is 6.47. The van der Waals surface area contributed by atoms with E-state index in [0.29, 0.717) is 6.04 Å². The van der Waals surface area contributed by atoms with Gasteiger partial charge in [0, 0.05) is 57.5 Å². The number of nitrogens with zero attached hydrogens (tertiary/aromatic N) is 3. The van der Waals surface area contributed by atoms with E-state index in [9.17, 15) is 0 Å². The van der Waals surface area contributed by atoms with Gasteiger partial charge in [0.2, 0.25) is 0 Å². The summed E-state index contributed by atoms with van der Waals surface area (Å²) in [5.74, 6) is 0. The van der Waals surface area contributed by atoms with Gasteiger partial charge in [-0.3, -0.25) is 9.80 Å². The molecule has 2 aliphatic rings. The van der Waals surface area contributed by atoms with Gasteiger partial charge in [0.1, 0.15) is 0 Å². The third-order valence-corrected chi connectivity index (χ3v) is 4.90. The van der Waals surface area contributed by atoms with Gasteiger partial charge in [0.25, 0.3) is 0 Å². The molecule has 0 saturated carbocycles. The van der Waals surface area contributed by atoms with Crippen LogP contribution in [0.4, 0.5) is 5.69 Å². The zero-order chi connectivity index (χ0) is 15.2. The normalized spacial score (nSPS) is 23.2. The number of benzene rings is 1. The molecule has 0 spiro atoms. The molecule has 0 aromatic heterocycles. The van der Waals surface area contributed by atoms with Crippen LogP contribution in [0.15, 0.2) is 30.3 Å². The van der Waals surface area contributed by atoms with E-state index < -0.39 is 0 Å². The quantitative estimate of drug-likeness (QED) is 0.846. The first-order valence-corrected chi connectivity index (χ1v) is 8.67. The van der Waals surface area contributed by atoms with Crippen LogP contribution in [0.25, 0.3) is 0 Å². The van der Waals surface area contributed by atoms with Crippen molar-refractivity contribution in [2.24, 2.45) is 0 Å². The van der Waals surface area contributed by atoms with Crippen LogP contribution in [-0.4, -0.2) is 74.9 Å². The molecule has 0 aliphatic carbocycles. The van der Waals surface area contributed by atoms with E-state index in [1.54, 1.807) is 0 Å². The molecule has 0 amide bonds. The SMILES string of the molecule is CC(CN1CCOCC1)N1CCCN(c2ccccc2)CC1. The number of rotatable bonds is 4. The van der Waals surface area contributed by atoms with E-state index in [1.165, 1.54) is 38.3 Å². The highest BCUT2D eigenvalue weighted by Gasteiger charge is 2.22. The maximum absolute atomic E-state index is 5.45. The monoisotopic (exact) mass is 303 g/mol. The fraction of sp³-hybridized carbons (Fsp3) is 0.667. The number of hydrogen-bond acceptors (Lipinski definition) is 4. The Balaban J connectivity index is 1.51. The number of hydrogen-bond donors (Lipinski definition) is 0. The summed E-state index contributed by atoms with van der Waals surface area (Å²) in [7, 11) is 0. The minimum absolute atomic E-state index is 0.633. The first-order valence-electron chi connectivity index (χ1n) is 8.67. The molecule has 1 aromatic rings. The molecule has 1 unspecified atom stereocenters. The minimum Gasteiger partial charge on any atom is -0.379 e. The molecule has 2 saturated heterocycles. The number of ether oxygens (including phenoxy) is 1. The largest absolute Gasteiger partial charge is 0.379 e. The molecule has 1 aromatic carbocycles. The Morgan fingerprint density at radius 2 is 1.73 bits per heavy atom. The van der Waals surface area contributed by atoms with E-state index >= 15 is 0 Å². The van der Waals surface area contributed by atoms with Gasteiger partial charge < -0.3 is 9.64 Å². The first-order chi connectivity index (χ1) is 10.8. The highest BCUT2D eigenvalue weighted by molar-refractivity contribution is 5.46. The third kappa shape index (κ3) is 4.22. The van der Waals surface area contributed by atoms with Crippen LogP contribution in [0.2, 0.25) is 0 Å². The lowest BCUT2D eigenvalue weighted by Crippen LogP contribution is -2.47. The van der Waals surface area contributed by atoms with E-state index in [0.717, 1.165) is 32.8 Å². The van der Waals surface area contributed by atoms with Crippen LogP contribution in [0, 0.1) is 0 Å². The molecule has 1 atom stereocenters. The molecular weight excluding hydrogens is 274 g/mol. The average Bonchev–Trinajstić information content (AvgIpc) is 2.83. The standard InChI is InChI=1S/C18H29N3O/c1-17(16-19-12-14-22-15-13-19)20-8-5-9-21(11-10-20)18-6-3-2-4-7-18/h2-4,6-7,17H,5,8-16H2,1H3.